The standard InChI is InChI=1S/C21H23N5O6/c1-10(2)17(28)24-21-23-16-13(18(29)25-21)22-9-26(16)19-15(14(27)11(3)31-19)32-20(30)12-7-5-4-6-8-12/h4-11,14-15,19,27H,1-3H3,(H2,23,24,25,28,29)/t11-,14?,15?,19-/m1/s1. The molecule has 3 heterocycles. The van der Waals surface area contributed by atoms with Crippen molar-refractivity contribution in [1.29, 1.82) is 0 Å². The van der Waals surface area contributed by atoms with Crippen LogP contribution in [0.3, 0.4) is 0 Å². The number of aromatic amines is 1. The number of hydrogen-bond acceptors (Lipinski definition) is 8. The number of benzene rings is 1. The van der Waals surface area contributed by atoms with Crippen molar-refractivity contribution in [3.63, 3.8) is 0 Å². The van der Waals surface area contributed by atoms with Gasteiger partial charge in [-0.05, 0) is 19.1 Å². The number of ether oxygens (including phenoxy) is 2. The SMILES string of the molecule is CC(C)C(=O)Nc1nc2c(ncn2[C@@H]2O[C@H](C)C(O)C2OC(=O)c2ccccc2)c(=O)[nH]1. The van der Waals surface area contributed by atoms with Crippen molar-refractivity contribution >= 4 is 29.0 Å². The van der Waals surface area contributed by atoms with E-state index in [-0.39, 0.29) is 28.9 Å². The van der Waals surface area contributed by atoms with Gasteiger partial charge in [0.1, 0.15) is 6.10 Å². The van der Waals surface area contributed by atoms with Crippen molar-refractivity contribution in [3.8, 4) is 0 Å². The van der Waals surface area contributed by atoms with Crippen LogP contribution in [0.1, 0.15) is 37.4 Å². The number of nitrogens with zero attached hydrogens (tertiary/aromatic N) is 3. The number of H-pyrrole nitrogens is 1. The van der Waals surface area contributed by atoms with E-state index in [1.165, 1.54) is 10.9 Å². The molecule has 2 aromatic heterocycles. The molecule has 1 aliphatic rings. The second-order valence-electron chi connectivity index (χ2n) is 7.84. The third kappa shape index (κ3) is 3.99. The molecular formula is C21H23N5O6. The number of hydrogen-bond donors (Lipinski definition) is 3. The molecule has 0 saturated carbocycles. The average Bonchev–Trinajstić information content (AvgIpc) is 3.30. The van der Waals surface area contributed by atoms with Gasteiger partial charge in [-0.2, -0.15) is 4.98 Å². The maximum absolute atomic E-state index is 12.6. The van der Waals surface area contributed by atoms with Crippen LogP contribution in [0.5, 0.6) is 0 Å². The van der Waals surface area contributed by atoms with E-state index in [2.05, 4.69) is 20.3 Å². The highest BCUT2D eigenvalue weighted by Crippen LogP contribution is 2.33. The van der Waals surface area contributed by atoms with Crippen LogP contribution in [-0.2, 0) is 14.3 Å². The number of nitrogens with one attached hydrogen (secondary N) is 2. The lowest BCUT2D eigenvalue weighted by Crippen LogP contribution is -2.35. The number of carbonyl (C=O) groups excluding carboxylic acids is 2. The van der Waals surface area contributed by atoms with Crippen molar-refractivity contribution in [2.45, 2.75) is 45.3 Å². The average molecular weight is 441 g/mol. The Kier molecular flexibility index (Phi) is 5.76. The number of anilines is 1. The molecule has 3 aromatic rings. The number of aliphatic hydroxyl groups is 1. The molecule has 1 aromatic carbocycles. The van der Waals surface area contributed by atoms with E-state index in [0.717, 1.165) is 0 Å². The zero-order chi connectivity index (χ0) is 23.0. The molecule has 4 atom stereocenters. The lowest BCUT2D eigenvalue weighted by molar-refractivity contribution is -0.118. The number of aromatic nitrogens is 4. The van der Waals surface area contributed by atoms with Crippen LogP contribution in [0.4, 0.5) is 5.95 Å². The Balaban J connectivity index is 1.69. The van der Waals surface area contributed by atoms with Gasteiger partial charge >= 0.3 is 5.97 Å². The molecule has 3 N–H and O–H groups in total. The minimum atomic E-state index is -1.12. The summed E-state index contributed by atoms with van der Waals surface area (Å²) in [7, 11) is 0. The topological polar surface area (TPSA) is 148 Å². The number of fused-ring (bicyclic) bond motifs is 1. The zero-order valence-corrected chi connectivity index (χ0v) is 17.7. The second-order valence-corrected chi connectivity index (χ2v) is 7.84. The van der Waals surface area contributed by atoms with Crippen molar-refractivity contribution in [2.24, 2.45) is 5.92 Å². The highest BCUT2D eigenvalue weighted by Gasteiger charge is 2.46. The molecule has 11 heteroatoms. The first kappa shape index (κ1) is 21.7. The van der Waals surface area contributed by atoms with Crippen molar-refractivity contribution < 1.29 is 24.2 Å². The van der Waals surface area contributed by atoms with Crippen LogP contribution in [0, 0.1) is 5.92 Å². The summed E-state index contributed by atoms with van der Waals surface area (Å²) in [6, 6.07) is 8.36. The molecule has 0 spiro atoms. The summed E-state index contributed by atoms with van der Waals surface area (Å²) in [5.41, 5.74) is -0.114. The predicted molar refractivity (Wildman–Crippen MR) is 113 cm³/mol. The number of esters is 1. The van der Waals surface area contributed by atoms with Gasteiger partial charge in [-0.3, -0.25) is 24.5 Å². The van der Waals surface area contributed by atoms with Gasteiger partial charge in [0.25, 0.3) is 5.56 Å². The second kappa shape index (κ2) is 8.52. The molecule has 11 nitrogen and oxygen atoms in total. The Labute approximate surface area is 182 Å². The molecule has 168 valence electrons. The first-order chi connectivity index (χ1) is 15.3. The smallest absolute Gasteiger partial charge is 0.338 e. The number of amides is 1. The van der Waals surface area contributed by atoms with Crippen LogP contribution in [0.25, 0.3) is 11.2 Å². The molecule has 2 unspecified atom stereocenters. The monoisotopic (exact) mass is 441 g/mol. The lowest BCUT2D eigenvalue weighted by Gasteiger charge is -2.22. The first-order valence-electron chi connectivity index (χ1n) is 10.1. The van der Waals surface area contributed by atoms with Crippen molar-refractivity contribution in [3.05, 3.63) is 52.6 Å². The predicted octanol–water partition coefficient (Wildman–Crippen LogP) is 1.22. The number of carbonyl (C=O) groups is 2. The van der Waals surface area contributed by atoms with Crippen LogP contribution in [0.2, 0.25) is 0 Å². The van der Waals surface area contributed by atoms with E-state index in [1.807, 2.05) is 0 Å². The van der Waals surface area contributed by atoms with E-state index in [4.69, 9.17) is 9.47 Å². The molecule has 0 bridgehead atoms. The van der Waals surface area contributed by atoms with E-state index >= 15 is 0 Å². The molecule has 0 radical (unpaired) electrons. The fraction of sp³-hybridized carbons (Fsp3) is 0.381. The summed E-state index contributed by atoms with van der Waals surface area (Å²) in [6.45, 7) is 5.05. The fourth-order valence-corrected chi connectivity index (χ4v) is 3.36. The van der Waals surface area contributed by atoms with Crippen LogP contribution < -0.4 is 10.9 Å². The number of imidazole rings is 1. The van der Waals surface area contributed by atoms with Gasteiger partial charge in [0.05, 0.1) is 18.0 Å². The molecule has 32 heavy (non-hydrogen) atoms. The molecule has 1 fully saturated rings. The quantitative estimate of drug-likeness (QED) is 0.501. The normalized spacial score (nSPS) is 22.9. The summed E-state index contributed by atoms with van der Waals surface area (Å²) in [6.07, 6.45) is -2.52. The molecule has 0 aliphatic carbocycles. The summed E-state index contributed by atoms with van der Waals surface area (Å²) in [4.78, 5) is 47.9. The fourth-order valence-electron chi connectivity index (χ4n) is 3.36. The minimum Gasteiger partial charge on any atom is -0.451 e. The number of aliphatic hydroxyl groups excluding tert-OH is 1. The first-order valence-corrected chi connectivity index (χ1v) is 10.1. The summed E-state index contributed by atoms with van der Waals surface area (Å²) in [5.74, 6) is -1.32. The molecular weight excluding hydrogens is 418 g/mol. The highest BCUT2D eigenvalue weighted by molar-refractivity contribution is 5.91. The Morgan fingerprint density at radius 1 is 1.28 bits per heavy atom. The van der Waals surface area contributed by atoms with Crippen LogP contribution in [0.15, 0.2) is 41.5 Å². The summed E-state index contributed by atoms with van der Waals surface area (Å²) in [5, 5.41) is 13.1. The summed E-state index contributed by atoms with van der Waals surface area (Å²) >= 11 is 0. The highest BCUT2D eigenvalue weighted by atomic mass is 16.6. The Morgan fingerprint density at radius 2 is 2.00 bits per heavy atom. The summed E-state index contributed by atoms with van der Waals surface area (Å²) < 4.78 is 12.8. The maximum Gasteiger partial charge on any atom is 0.338 e. The lowest BCUT2D eigenvalue weighted by atomic mass is 10.1. The van der Waals surface area contributed by atoms with E-state index in [1.54, 1.807) is 51.1 Å². The van der Waals surface area contributed by atoms with Gasteiger partial charge in [-0.1, -0.05) is 32.0 Å². The third-order valence-electron chi connectivity index (χ3n) is 5.18. The minimum absolute atomic E-state index is 0.0123. The van der Waals surface area contributed by atoms with Crippen molar-refractivity contribution in [2.75, 3.05) is 5.32 Å². The van der Waals surface area contributed by atoms with Gasteiger partial charge < -0.3 is 14.6 Å². The van der Waals surface area contributed by atoms with Gasteiger partial charge in [-0.15, -0.1) is 0 Å². The van der Waals surface area contributed by atoms with Gasteiger partial charge in [0.2, 0.25) is 11.9 Å². The molecule has 1 saturated heterocycles. The van der Waals surface area contributed by atoms with Gasteiger partial charge in [0.15, 0.2) is 23.5 Å². The Hall–Kier alpha value is -3.57. The molecule has 4 rings (SSSR count). The maximum atomic E-state index is 12.6. The van der Waals surface area contributed by atoms with Crippen LogP contribution in [-0.4, -0.2) is 54.8 Å². The Morgan fingerprint density at radius 3 is 2.69 bits per heavy atom. The van der Waals surface area contributed by atoms with Crippen LogP contribution >= 0.6 is 0 Å². The largest absolute Gasteiger partial charge is 0.451 e. The molecule has 1 amide bonds. The molecule has 1 aliphatic heterocycles. The van der Waals surface area contributed by atoms with E-state index in [9.17, 15) is 19.5 Å². The van der Waals surface area contributed by atoms with Gasteiger partial charge in [0, 0.05) is 5.92 Å². The zero-order valence-electron chi connectivity index (χ0n) is 17.7. The van der Waals surface area contributed by atoms with E-state index < -0.39 is 36.1 Å². The Bertz CT molecular complexity index is 1200. The number of rotatable bonds is 5. The third-order valence-corrected chi connectivity index (χ3v) is 5.18. The van der Waals surface area contributed by atoms with Crippen molar-refractivity contribution in [1.82, 2.24) is 19.5 Å². The van der Waals surface area contributed by atoms with E-state index in [0.29, 0.717) is 5.56 Å². The van der Waals surface area contributed by atoms with Gasteiger partial charge in [-0.25, -0.2) is 9.78 Å².